The minimum atomic E-state index is -0.738. The third kappa shape index (κ3) is 4.15. The molecule has 0 radical (unpaired) electrons. The normalized spacial score (nSPS) is 22.4. The predicted molar refractivity (Wildman–Crippen MR) is 109 cm³/mol. The molecule has 29 heavy (non-hydrogen) atoms. The second-order valence-corrected chi connectivity index (χ2v) is 7.84. The van der Waals surface area contributed by atoms with E-state index in [1.165, 1.54) is 0 Å². The van der Waals surface area contributed by atoms with Crippen LogP contribution >= 0.6 is 0 Å². The van der Waals surface area contributed by atoms with Gasteiger partial charge in [-0.05, 0) is 49.9 Å². The number of rotatable bonds is 6. The fourth-order valence-corrected chi connectivity index (χ4v) is 3.25. The van der Waals surface area contributed by atoms with E-state index in [1.807, 2.05) is 45.9 Å². The van der Waals surface area contributed by atoms with E-state index in [1.54, 1.807) is 25.4 Å². The first-order valence-corrected chi connectivity index (χ1v) is 9.95. The topological polar surface area (TPSA) is 93.2 Å². The zero-order valence-electron chi connectivity index (χ0n) is 17.5. The summed E-state index contributed by atoms with van der Waals surface area (Å²) in [4.78, 5) is 34.3. The van der Waals surface area contributed by atoms with Crippen LogP contribution in [0.3, 0.4) is 0 Å². The molecule has 1 fully saturated rings. The molecule has 0 bridgehead atoms. The first kappa shape index (κ1) is 20.9. The van der Waals surface area contributed by atoms with E-state index in [4.69, 9.17) is 4.74 Å². The molecule has 7 nitrogen and oxygen atoms in total. The molecule has 1 saturated heterocycles. The van der Waals surface area contributed by atoms with Crippen molar-refractivity contribution in [3.8, 4) is 0 Å². The maximum absolute atomic E-state index is 13.0. The van der Waals surface area contributed by atoms with Crippen LogP contribution in [0.4, 0.5) is 0 Å². The quantitative estimate of drug-likeness (QED) is 0.729. The van der Waals surface area contributed by atoms with Gasteiger partial charge in [-0.3, -0.25) is 20.1 Å². The number of ether oxygens (including phenoxy) is 1. The SMILES string of the molecule is CCc1cnc(C2NC(=O)C(C)(C(C)C)N2)c(C(=O)OC(C)c2ccccn2)c1. The van der Waals surface area contributed by atoms with Crippen LogP contribution in [0.15, 0.2) is 36.7 Å². The lowest BCUT2D eigenvalue weighted by molar-refractivity contribution is -0.125. The van der Waals surface area contributed by atoms with Gasteiger partial charge in [-0.2, -0.15) is 0 Å². The second-order valence-electron chi connectivity index (χ2n) is 7.84. The van der Waals surface area contributed by atoms with E-state index in [9.17, 15) is 9.59 Å². The molecule has 0 aliphatic carbocycles. The van der Waals surface area contributed by atoms with Gasteiger partial charge in [0.25, 0.3) is 0 Å². The molecule has 154 valence electrons. The molecular weight excluding hydrogens is 368 g/mol. The second kappa shape index (κ2) is 8.29. The molecule has 3 atom stereocenters. The van der Waals surface area contributed by atoms with Crippen molar-refractivity contribution in [1.29, 1.82) is 0 Å². The number of hydrogen-bond donors (Lipinski definition) is 2. The van der Waals surface area contributed by atoms with Crippen LogP contribution in [0.1, 0.15) is 74.2 Å². The number of nitrogens with one attached hydrogen (secondary N) is 2. The summed E-state index contributed by atoms with van der Waals surface area (Å²) in [6.07, 6.45) is 3.06. The highest BCUT2D eigenvalue weighted by Crippen LogP contribution is 2.29. The molecule has 7 heteroatoms. The van der Waals surface area contributed by atoms with Crippen molar-refractivity contribution in [3.05, 3.63) is 59.2 Å². The smallest absolute Gasteiger partial charge is 0.340 e. The molecule has 2 aromatic rings. The zero-order chi connectivity index (χ0) is 21.2. The maximum atomic E-state index is 13.0. The van der Waals surface area contributed by atoms with E-state index in [2.05, 4.69) is 20.6 Å². The third-order valence-corrected chi connectivity index (χ3v) is 5.61. The number of aromatic nitrogens is 2. The van der Waals surface area contributed by atoms with Gasteiger partial charge in [0, 0.05) is 12.4 Å². The van der Waals surface area contributed by atoms with E-state index in [-0.39, 0.29) is 11.8 Å². The summed E-state index contributed by atoms with van der Waals surface area (Å²) < 4.78 is 5.67. The van der Waals surface area contributed by atoms with Gasteiger partial charge in [0.05, 0.1) is 22.5 Å². The Morgan fingerprint density at radius 3 is 2.62 bits per heavy atom. The van der Waals surface area contributed by atoms with Crippen molar-refractivity contribution in [2.24, 2.45) is 5.92 Å². The number of hydrogen-bond acceptors (Lipinski definition) is 6. The van der Waals surface area contributed by atoms with E-state index in [0.717, 1.165) is 12.0 Å². The Hall–Kier alpha value is -2.80. The molecule has 3 rings (SSSR count). The van der Waals surface area contributed by atoms with Crippen LogP contribution in [0.2, 0.25) is 0 Å². The summed E-state index contributed by atoms with van der Waals surface area (Å²) in [6, 6.07) is 7.26. The standard InChI is InChI=1S/C22H28N4O3/c1-6-15-11-16(20(27)29-14(4)17-9-7-8-10-23-17)18(24-12-15)19-25-21(28)22(5,26-19)13(2)3/h7-14,19,26H,6H2,1-5H3,(H,25,28). The summed E-state index contributed by atoms with van der Waals surface area (Å²) in [6.45, 7) is 9.59. The number of amides is 1. The van der Waals surface area contributed by atoms with Gasteiger partial charge in [0.1, 0.15) is 12.3 Å². The molecule has 2 aromatic heterocycles. The molecule has 0 saturated carbocycles. The van der Waals surface area contributed by atoms with E-state index in [0.29, 0.717) is 17.0 Å². The molecule has 2 N–H and O–H groups in total. The Kier molecular flexibility index (Phi) is 5.98. The summed E-state index contributed by atoms with van der Waals surface area (Å²) in [7, 11) is 0. The molecule has 0 spiro atoms. The van der Waals surface area contributed by atoms with Crippen LogP contribution in [0.5, 0.6) is 0 Å². The van der Waals surface area contributed by atoms with Gasteiger partial charge in [0.15, 0.2) is 0 Å². The van der Waals surface area contributed by atoms with Gasteiger partial charge in [-0.1, -0.05) is 26.8 Å². The number of nitrogens with zero attached hydrogens (tertiary/aromatic N) is 2. The van der Waals surface area contributed by atoms with Crippen LogP contribution in [0, 0.1) is 5.92 Å². The molecule has 1 amide bonds. The first-order valence-electron chi connectivity index (χ1n) is 9.95. The van der Waals surface area contributed by atoms with Gasteiger partial charge >= 0.3 is 5.97 Å². The number of carbonyl (C=O) groups excluding carboxylic acids is 2. The Labute approximate surface area is 171 Å². The molecule has 1 aliphatic rings. The lowest BCUT2D eigenvalue weighted by Gasteiger charge is -2.26. The van der Waals surface area contributed by atoms with Crippen molar-refractivity contribution in [2.75, 3.05) is 0 Å². The molecule has 1 aliphatic heterocycles. The highest BCUT2D eigenvalue weighted by Gasteiger charge is 2.46. The number of carbonyl (C=O) groups is 2. The summed E-state index contributed by atoms with van der Waals surface area (Å²) >= 11 is 0. The van der Waals surface area contributed by atoms with Crippen LogP contribution in [-0.2, 0) is 16.0 Å². The zero-order valence-corrected chi connectivity index (χ0v) is 17.5. The number of esters is 1. The van der Waals surface area contributed by atoms with E-state index >= 15 is 0 Å². The Morgan fingerprint density at radius 2 is 2.03 bits per heavy atom. The van der Waals surface area contributed by atoms with Crippen LogP contribution in [0.25, 0.3) is 0 Å². The lowest BCUT2D eigenvalue weighted by Crippen LogP contribution is -2.48. The maximum Gasteiger partial charge on any atom is 0.340 e. The minimum absolute atomic E-state index is 0.0713. The average Bonchev–Trinajstić information content (AvgIpc) is 3.03. The minimum Gasteiger partial charge on any atom is -0.453 e. The Morgan fingerprint density at radius 1 is 1.28 bits per heavy atom. The molecule has 0 aromatic carbocycles. The number of aryl methyl sites for hydroxylation is 1. The monoisotopic (exact) mass is 396 g/mol. The summed E-state index contributed by atoms with van der Waals surface area (Å²) in [5.74, 6) is -0.530. The Bertz CT molecular complexity index is 900. The van der Waals surface area contributed by atoms with Crippen molar-refractivity contribution in [2.45, 2.75) is 58.8 Å². The van der Waals surface area contributed by atoms with Crippen LogP contribution in [-0.4, -0.2) is 27.4 Å². The van der Waals surface area contributed by atoms with Crippen molar-refractivity contribution < 1.29 is 14.3 Å². The number of pyridine rings is 2. The lowest BCUT2D eigenvalue weighted by atomic mass is 9.89. The highest BCUT2D eigenvalue weighted by molar-refractivity contribution is 5.93. The molecule has 3 heterocycles. The summed E-state index contributed by atoms with van der Waals surface area (Å²) in [5.41, 5.74) is 1.65. The Balaban J connectivity index is 1.90. The summed E-state index contributed by atoms with van der Waals surface area (Å²) in [5, 5.41) is 6.23. The average molecular weight is 396 g/mol. The van der Waals surface area contributed by atoms with Crippen LogP contribution < -0.4 is 10.6 Å². The molecule has 3 unspecified atom stereocenters. The fourth-order valence-electron chi connectivity index (χ4n) is 3.25. The van der Waals surface area contributed by atoms with Gasteiger partial charge in [0.2, 0.25) is 5.91 Å². The highest BCUT2D eigenvalue weighted by atomic mass is 16.5. The molecular formula is C22H28N4O3. The third-order valence-electron chi connectivity index (χ3n) is 5.61. The van der Waals surface area contributed by atoms with Gasteiger partial charge < -0.3 is 10.1 Å². The largest absolute Gasteiger partial charge is 0.453 e. The van der Waals surface area contributed by atoms with Crippen molar-refractivity contribution in [3.63, 3.8) is 0 Å². The fraction of sp³-hybridized carbons (Fsp3) is 0.455. The van der Waals surface area contributed by atoms with E-state index < -0.39 is 23.8 Å². The first-order chi connectivity index (χ1) is 13.8. The predicted octanol–water partition coefficient (Wildman–Crippen LogP) is 3.09. The van der Waals surface area contributed by atoms with Crippen molar-refractivity contribution in [1.82, 2.24) is 20.6 Å². The van der Waals surface area contributed by atoms with Gasteiger partial charge in [-0.25, -0.2) is 4.79 Å². The van der Waals surface area contributed by atoms with Gasteiger partial charge in [-0.15, -0.1) is 0 Å². The van der Waals surface area contributed by atoms with Crippen molar-refractivity contribution >= 4 is 11.9 Å².